The number of imidazole rings is 1. The normalized spacial score (nSPS) is 11.6. The number of aryl methyl sites for hydroxylation is 1. The van der Waals surface area contributed by atoms with Gasteiger partial charge in [-0.2, -0.15) is 0 Å². The Bertz CT molecular complexity index is 646. The first-order valence-electron chi connectivity index (χ1n) is 7.25. The van der Waals surface area contributed by atoms with Gasteiger partial charge in [-0.15, -0.1) is 0 Å². The number of nitrogen functional groups attached to an aromatic ring is 1. The summed E-state index contributed by atoms with van der Waals surface area (Å²) in [5.74, 6) is 0.385. The number of hydrogen-bond acceptors (Lipinski definition) is 6. The molecule has 120 valence electrons. The summed E-state index contributed by atoms with van der Waals surface area (Å²) < 4.78 is 7.10. The first-order chi connectivity index (χ1) is 10.4. The fourth-order valence-electron chi connectivity index (χ4n) is 1.97. The van der Waals surface area contributed by atoms with Crippen molar-refractivity contribution in [3.8, 4) is 0 Å². The topological polar surface area (TPSA) is 108 Å². The lowest BCUT2D eigenvalue weighted by Gasteiger charge is -2.19. The van der Waals surface area contributed by atoms with E-state index >= 15 is 0 Å². The molecule has 0 atom stereocenters. The van der Waals surface area contributed by atoms with E-state index in [2.05, 4.69) is 20.3 Å². The average molecular weight is 306 g/mol. The monoisotopic (exact) mass is 306 g/mol. The number of unbranched alkanes of at least 4 members (excludes halogenated alkanes) is 1. The van der Waals surface area contributed by atoms with Gasteiger partial charge in [-0.25, -0.2) is 19.7 Å². The summed E-state index contributed by atoms with van der Waals surface area (Å²) in [4.78, 5) is 23.8. The number of alkyl carbamates (subject to hydrolysis) is 1. The van der Waals surface area contributed by atoms with Crippen molar-refractivity contribution in [2.24, 2.45) is 0 Å². The van der Waals surface area contributed by atoms with E-state index in [0.717, 1.165) is 25.0 Å². The van der Waals surface area contributed by atoms with Gasteiger partial charge in [0.05, 0.1) is 6.33 Å². The summed E-state index contributed by atoms with van der Waals surface area (Å²) in [5.41, 5.74) is 6.62. The predicted octanol–water partition coefficient (Wildman–Crippen LogP) is 1.71. The van der Waals surface area contributed by atoms with E-state index < -0.39 is 5.60 Å². The highest BCUT2D eigenvalue weighted by Crippen LogP contribution is 2.14. The fraction of sp³-hybridized carbons (Fsp3) is 0.571. The van der Waals surface area contributed by atoms with Crippen LogP contribution in [-0.2, 0) is 11.3 Å². The Labute approximate surface area is 129 Å². The number of hydrogen-bond donors (Lipinski definition) is 2. The number of anilines is 1. The summed E-state index contributed by atoms with van der Waals surface area (Å²) in [6, 6.07) is 0. The average Bonchev–Trinajstić information content (AvgIpc) is 2.81. The molecule has 8 heteroatoms. The first kappa shape index (κ1) is 16.0. The Balaban J connectivity index is 1.75. The molecule has 22 heavy (non-hydrogen) atoms. The largest absolute Gasteiger partial charge is 0.444 e. The van der Waals surface area contributed by atoms with E-state index in [1.54, 1.807) is 6.33 Å². The molecule has 0 radical (unpaired) electrons. The third-order valence-corrected chi connectivity index (χ3v) is 2.92. The van der Waals surface area contributed by atoms with E-state index in [4.69, 9.17) is 10.5 Å². The quantitative estimate of drug-likeness (QED) is 0.814. The van der Waals surface area contributed by atoms with Gasteiger partial charge < -0.3 is 20.4 Å². The third kappa shape index (κ3) is 4.31. The Kier molecular flexibility index (Phi) is 4.79. The summed E-state index contributed by atoms with van der Waals surface area (Å²) in [7, 11) is 0. The van der Waals surface area contributed by atoms with Crippen LogP contribution in [0.1, 0.15) is 33.6 Å². The van der Waals surface area contributed by atoms with Crippen LogP contribution in [0.2, 0.25) is 0 Å². The molecule has 0 saturated heterocycles. The maximum atomic E-state index is 11.5. The van der Waals surface area contributed by atoms with Gasteiger partial charge in [-0.1, -0.05) is 0 Å². The Hall–Kier alpha value is -2.38. The van der Waals surface area contributed by atoms with Crippen LogP contribution in [-0.4, -0.2) is 37.8 Å². The minimum atomic E-state index is -0.473. The van der Waals surface area contributed by atoms with Gasteiger partial charge in [0.1, 0.15) is 17.4 Å². The van der Waals surface area contributed by atoms with Crippen molar-refractivity contribution in [2.75, 3.05) is 12.3 Å². The molecule has 2 aromatic rings. The lowest BCUT2D eigenvalue weighted by atomic mass is 10.2. The van der Waals surface area contributed by atoms with Crippen molar-refractivity contribution in [1.82, 2.24) is 24.8 Å². The molecule has 0 spiro atoms. The number of amides is 1. The number of carbonyl (C=O) groups excluding carboxylic acids is 1. The van der Waals surface area contributed by atoms with Crippen molar-refractivity contribution in [3.05, 3.63) is 12.7 Å². The molecule has 0 unspecified atom stereocenters. The van der Waals surface area contributed by atoms with Crippen LogP contribution in [0.15, 0.2) is 12.7 Å². The lowest BCUT2D eigenvalue weighted by molar-refractivity contribution is 0.0527. The molecule has 0 aliphatic carbocycles. The predicted molar refractivity (Wildman–Crippen MR) is 83.2 cm³/mol. The molecule has 2 heterocycles. The summed E-state index contributed by atoms with van der Waals surface area (Å²) in [5, 5.41) is 2.73. The molecule has 0 aliphatic heterocycles. The molecule has 2 aromatic heterocycles. The third-order valence-electron chi connectivity index (χ3n) is 2.92. The number of ether oxygens (including phenoxy) is 1. The summed E-state index contributed by atoms with van der Waals surface area (Å²) in [6.45, 7) is 6.83. The molecule has 0 aliphatic rings. The van der Waals surface area contributed by atoms with Crippen molar-refractivity contribution >= 4 is 23.1 Å². The van der Waals surface area contributed by atoms with Crippen molar-refractivity contribution in [3.63, 3.8) is 0 Å². The van der Waals surface area contributed by atoms with Crippen LogP contribution < -0.4 is 11.1 Å². The van der Waals surface area contributed by atoms with Gasteiger partial charge in [0.25, 0.3) is 0 Å². The van der Waals surface area contributed by atoms with Crippen LogP contribution in [0.5, 0.6) is 0 Å². The number of aromatic nitrogens is 4. The van der Waals surface area contributed by atoms with Gasteiger partial charge in [-0.05, 0) is 33.6 Å². The fourth-order valence-corrected chi connectivity index (χ4v) is 1.97. The second kappa shape index (κ2) is 6.59. The van der Waals surface area contributed by atoms with Crippen molar-refractivity contribution < 1.29 is 9.53 Å². The smallest absolute Gasteiger partial charge is 0.407 e. The number of carbonyl (C=O) groups is 1. The number of nitrogens with two attached hydrogens (primary N) is 1. The minimum absolute atomic E-state index is 0.385. The number of fused-ring (bicyclic) bond motifs is 1. The van der Waals surface area contributed by atoms with E-state index in [1.165, 1.54) is 6.33 Å². The van der Waals surface area contributed by atoms with E-state index in [-0.39, 0.29) is 6.09 Å². The molecular formula is C14H22N6O2. The van der Waals surface area contributed by atoms with Crippen molar-refractivity contribution in [2.45, 2.75) is 45.8 Å². The summed E-state index contributed by atoms with van der Waals surface area (Å²) >= 11 is 0. The molecule has 3 N–H and O–H groups in total. The van der Waals surface area contributed by atoms with Crippen molar-refractivity contribution in [1.29, 1.82) is 0 Å². The Morgan fingerprint density at radius 1 is 1.32 bits per heavy atom. The number of nitrogens with zero attached hydrogens (tertiary/aromatic N) is 4. The molecule has 0 aromatic carbocycles. The van der Waals surface area contributed by atoms with E-state index in [9.17, 15) is 4.79 Å². The zero-order valence-electron chi connectivity index (χ0n) is 13.2. The standard InChI is InChI=1S/C14H22N6O2/c1-14(2,3)22-13(21)16-6-4-5-7-20-9-19-10-11(15)17-8-18-12(10)20/h8-9H,4-7H2,1-3H3,(H,16,21)(H2,15,17,18). The van der Waals surface area contributed by atoms with Gasteiger partial charge in [0.2, 0.25) is 0 Å². The van der Waals surface area contributed by atoms with Crippen LogP contribution in [0.3, 0.4) is 0 Å². The SMILES string of the molecule is CC(C)(C)OC(=O)NCCCCn1cnc2c(N)ncnc21. The van der Waals surface area contributed by atoms with Gasteiger partial charge in [0.15, 0.2) is 11.5 Å². The second-order valence-corrected chi connectivity index (χ2v) is 6.00. The Morgan fingerprint density at radius 2 is 2.09 bits per heavy atom. The van der Waals surface area contributed by atoms with Gasteiger partial charge in [0, 0.05) is 13.1 Å². The molecule has 0 fully saturated rings. The van der Waals surface area contributed by atoms with E-state index in [1.807, 2.05) is 25.3 Å². The highest BCUT2D eigenvalue weighted by molar-refractivity contribution is 5.81. The van der Waals surface area contributed by atoms with Crippen LogP contribution in [0, 0.1) is 0 Å². The molecule has 1 amide bonds. The maximum Gasteiger partial charge on any atom is 0.407 e. The zero-order chi connectivity index (χ0) is 16.2. The lowest BCUT2D eigenvalue weighted by Crippen LogP contribution is -2.33. The first-order valence-corrected chi connectivity index (χ1v) is 7.25. The second-order valence-electron chi connectivity index (χ2n) is 6.00. The molecule has 8 nitrogen and oxygen atoms in total. The highest BCUT2D eigenvalue weighted by atomic mass is 16.6. The van der Waals surface area contributed by atoms with Crippen LogP contribution in [0.25, 0.3) is 11.2 Å². The maximum absolute atomic E-state index is 11.5. The number of rotatable bonds is 5. The Morgan fingerprint density at radius 3 is 2.82 bits per heavy atom. The van der Waals surface area contributed by atoms with Crippen LogP contribution in [0.4, 0.5) is 10.6 Å². The van der Waals surface area contributed by atoms with Gasteiger partial charge in [-0.3, -0.25) is 0 Å². The molecule has 0 saturated carbocycles. The summed E-state index contributed by atoms with van der Waals surface area (Å²) in [6.07, 6.45) is 4.46. The number of nitrogens with one attached hydrogen (secondary N) is 1. The molecule has 0 bridgehead atoms. The molecule has 2 rings (SSSR count). The van der Waals surface area contributed by atoms with E-state index in [0.29, 0.717) is 17.9 Å². The highest BCUT2D eigenvalue weighted by Gasteiger charge is 2.15. The van der Waals surface area contributed by atoms with Crippen LogP contribution >= 0.6 is 0 Å². The zero-order valence-corrected chi connectivity index (χ0v) is 13.2. The van der Waals surface area contributed by atoms with Gasteiger partial charge >= 0.3 is 6.09 Å². The molecular weight excluding hydrogens is 284 g/mol. The minimum Gasteiger partial charge on any atom is -0.444 e.